The lowest BCUT2D eigenvalue weighted by Crippen LogP contribution is -2.60. The number of ether oxygens (including phenoxy) is 2. The van der Waals surface area contributed by atoms with E-state index in [1.807, 2.05) is 44.2 Å². The summed E-state index contributed by atoms with van der Waals surface area (Å²) >= 11 is 0. The van der Waals surface area contributed by atoms with Gasteiger partial charge in [0.25, 0.3) is 10.0 Å². The van der Waals surface area contributed by atoms with Gasteiger partial charge in [-0.15, -0.1) is 0 Å². The van der Waals surface area contributed by atoms with Crippen LogP contribution in [0, 0.1) is 11.8 Å². The third-order valence-electron chi connectivity index (χ3n) is 7.72. The summed E-state index contributed by atoms with van der Waals surface area (Å²) in [5, 5.41) is 24.1. The van der Waals surface area contributed by atoms with Crippen molar-refractivity contribution in [3.05, 3.63) is 60.2 Å². The van der Waals surface area contributed by atoms with Gasteiger partial charge in [0.1, 0.15) is 0 Å². The molecule has 6 atom stereocenters. The standard InChI is InChI=1S/C28H39N3O8S/c1-3-20(4-2)39-31(40(35,36)21-12-10-19(29)11-13-21)25(23-17-38-27-22(23)14-15-37-27)26(32)24(30-28(33)34)16-18-8-6-5-7-9-18/h5-13,20,22-27,30,32H,3-4,14-17,29H2,1-2H3,(H,33,34)/t22-,23+,24-,25?,26+,27+/m0/s1. The van der Waals surface area contributed by atoms with Crippen LogP contribution in [0.4, 0.5) is 10.5 Å². The number of hydroxylamine groups is 1. The molecule has 2 saturated heterocycles. The number of rotatable bonds is 13. The largest absolute Gasteiger partial charge is 0.465 e. The summed E-state index contributed by atoms with van der Waals surface area (Å²) in [6.45, 7) is 4.32. The number of sulfonamides is 1. The normalized spacial score (nSPS) is 23.2. The number of amides is 1. The van der Waals surface area contributed by atoms with Crippen molar-refractivity contribution >= 4 is 21.8 Å². The minimum Gasteiger partial charge on any atom is -0.465 e. The average molecular weight is 578 g/mol. The highest BCUT2D eigenvalue weighted by Gasteiger charge is 2.53. The Kier molecular flexibility index (Phi) is 10.0. The number of carboxylic acid groups (broad SMARTS) is 1. The molecule has 2 aliphatic rings. The maximum absolute atomic E-state index is 14.2. The lowest BCUT2D eigenvalue weighted by atomic mass is 9.82. The van der Waals surface area contributed by atoms with Crippen LogP contribution < -0.4 is 11.1 Å². The number of nitrogens with zero attached hydrogens (tertiary/aromatic N) is 1. The number of anilines is 1. The number of benzene rings is 2. The Morgan fingerprint density at radius 3 is 2.42 bits per heavy atom. The van der Waals surface area contributed by atoms with Crippen LogP contribution >= 0.6 is 0 Å². The van der Waals surface area contributed by atoms with Crippen molar-refractivity contribution in [2.24, 2.45) is 11.8 Å². The van der Waals surface area contributed by atoms with E-state index in [0.29, 0.717) is 31.6 Å². The molecule has 0 spiro atoms. The smallest absolute Gasteiger partial charge is 0.404 e. The molecule has 5 N–H and O–H groups in total. The number of nitrogens with one attached hydrogen (secondary N) is 1. The van der Waals surface area contributed by atoms with Gasteiger partial charge in [-0.1, -0.05) is 48.6 Å². The molecule has 0 aromatic heterocycles. The zero-order chi connectivity index (χ0) is 28.9. The zero-order valence-electron chi connectivity index (χ0n) is 22.8. The van der Waals surface area contributed by atoms with Crippen LogP contribution in [0.5, 0.6) is 0 Å². The predicted octanol–water partition coefficient (Wildman–Crippen LogP) is 3.00. The van der Waals surface area contributed by atoms with Crippen LogP contribution in [0.15, 0.2) is 59.5 Å². The number of hydrogen-bond acceptors (Lipinski definition) is 8. The van der Waals surface area contributed by atoms with E-state index in [1.165, 1.54) is 24.3 Å². The maximum Gasteiger partial charge on any atom is 0.404 e. The zero-order valence-corrected chi connectivity index (χ0v) is 23.6. The Bertz CT molecular complexity index is 1210. The topological polar surface area (TPSA) is 161 Å². The van der Waals surface area contributed by atoms with Crippen molar-refractivity contribution in [1.29, 1.82) is 0 Å². The first-order chi connectivity index (χ1) is 19.1. The van der Waals surface area contributed by atoms with E-state index in [2.05, 4.69) is 5.32 Å². The van der Waals surface area contributed by atoms with Crippen molar-refractivity contribution in [1.82, 2.24) is 9.79 Å². The first-order valence-electron chi connectivity index (χ1n) is 13.7. The van der Waals surface area contributed by atoms with E-state index in [-0.39, 0.29) is 23.8 Å². The molecular formula is C28H39N3O8S. The minimum atomic E-state index is -4.35. The number of carbonyl (C=O) groups is 1. The highest BCUT2D eigenvalue weighted by molar-refractivity contribution is 7.89. The first-order valence-corrected chi connectivity index (χ1v) is 15.1. The molecule has 11 nitrogen and oxygen atoms in total. The van der Waals surface area contributed by atoms with E-state index in [9.17, 15) is 23.4 Å². The molecule has 2 heterocycles. The van der Waals surface area contributed by atoms with Crippen LogP contribution in [0.2, 0.25) is 0 Å². The van der Waals surface area contributed by atoms with Crippen molar-refractivity contribution in [3.63, 3.8) is 0 Å². The number of aliphatic hydroxyl groups excluding tert-OH is 1. The van der Waals surface area contributed by atoms with Crippen LogP contribution in [-0.4, -0.2) is 73.0 Å². The third kappa shape index (κ3) is 6.76. The molecule has 2 aromatic carbocycles. The monoisotopic (exact) mass is 577 g/mol. The summed E-state index contributed by atoms with van der Waals surface area (Å²) in [5.74, 6) is -0.745. The van der Waals surface area contributed by atoms with Gasteiger partial charge in [0.05, 0.1) is 42.4 Å². The Balaban J connectivity index is 1.82. The summed E-state index contributed by atoms with van der Waals surface area (Å²) in [6, 6.07) is 12.6. The molecule has 220 valence electrons. The van der Waals surface area contributed by atoms with Gasteiger partial charge in [0.2, 0.25) is 0 Å². The number of hydrogen-bond donors (Lipinski definition) is 4. The van der Waals surface area contributed by atoms with Gasteiger partial charge < -0.3 is 30.7 Å². The second-order valence-electron chi connectivity index (χ2n) is 10.3. The fourth-order valence-corrected chi connectivity index (χ4v) is 7.04. The van der Waals surface area contributed by atoms with Crippen LogP contribution in [0.3, 0.4) is 0 Å². The molecule has 0 bridgehead atoms. The summed E-state index contributed by atoms with van der Waals surface area (Å²) in [4.78, 5) is 18.0. The van der Waals surface area contributed by atoms with E-state index in [4.69, 9.17) is 20.0 Å². The first kappa shape index (κ1) is 30.2. The van der Waals surface area contributed by atoms with Gasteiger partial charge in [-0.25, -0.2) is 13.2 Å². The fraction of sp³-hybridized carbons (Fsp3) is 0.536. The Hall–Kier alpha value is -2.74. The van der Waals surface area contributed by atoms with E-state index < -0.39 is 52.6 Å². The molecule has 2 fully saturated rings. The number of fused-ring (bicyclic) bond motifs is 1. The minimum absolute atomic E-state index is 0.0613. The van der Waals surface area contributed by atoms with Crippen LogP contribution in [-0.2, 0) is 30.8 Å². The number of nitrogens with two attached hydrogens (primary N) is 1. The van der Waals surface area contributed by atoms with Gasteiger partial charge in [0.15, 0.2) is 6.29 Å². The van der Waals surface area contributed by atoms with Crippen molar-refractivity contribution in [2.75, 3.05) is 18.9 Å². The molecule has 1 unspecified atom stereocenters. The fourth-order valence-electron chi connectivity index (χ4n) is 5.52. The van der Waals surface area contributed by atoms with Crippen LogP contribution in [0.25, 0.3) is 0 Å². The molecule has 0 radical (unpaired) electrons. The van der Waals surface area contributed by atoms with Gasteiger partial charge in [-0.05, 0) is 55.5 Å². The van der Waals surface area contributed by atoms with Gasteiger partial charge in [0, 0.05) is 17.5 Å². The summed E-state index contributed by atoms with van der Waals surface area (Å²) in [7, 11) is -4.35. The molecular weight excluding hydrogens is 538 g/mol. The second kappa shape index (κ2) is 13.3. The summed E-state index contributed by atoms with van der Waals surface area (Å²) < 4.78 is 41.0. The highest BCUT2D eigenvalue weighted by atomic mass is 32.2. The quantitative estimate of drug-likeness (QED) is 0.207. The van der Waals surface area contributed by atoms with E-state index >= 15 is 0 Å². The number of aliphatic hydroxyl groups is 1. The van der Waals surface area contributed by atoms with Crippen molar-refractivity contribution < 1.29 is 37.7 Å². The molecule has 2 aromatic rings. The van der Waals surface area contributed by atoms with Crippen LogP contribution in [0.1, 0.15) is 38.7 Å². The third-order valence-corrected chi connectivity index (χ3v) is 9.39. The van der Waals surface area contributed by atoms with Gasteiger partial charge in [-0.2, -0.15) is 0 Å². The molecule has 0 aliphatic carbocycles. The van der Waals surface area contributed by atoms with Gasteiger partial charge in [-0.3, -0.25) is 4.84 Å². The van der Waals surface area contributed by atoms with Crippen molar-refractivity contribution in [3.8, 4) is 0 Å². The Morgan fingerprint density at radius 1 is 1.12 bits per heavy atom. The molecule has 12 heteroatoms. The second-order valence-corrected chi connectivity index (χ2v) is 12.1. The van der Waals surface area contributed by atoms with E-state index in [1.54, 1.807) is 0 Å². The SMILES string of the molecule is CCC(CC)ON(C([C@H](O)[C@H](Cc1ccccc1)NC(=O)O)[C@@H]1CO[C@H]2OCC[C@H]21)S(=O)(=O)c1ccc(N)cc1. The lowest BCUT2D eigenvalue weighted by molar-refractivity contribution is -0.192. The van der Waals surface area contributed by atoms with Crippen molar-refractivity contribution in [2.45, 2.75) is 75.0 Å². The number of nitrogen functional groups attached to an aromatic ring is 1. The molecule has 2 aliphatic heterocycles. The maximum atomic E-state index is 14.2. The van der Waals surface area contributed by atoms with E-state index in [0.717, 1.165) is 10.0 Å². The molecule has 4 rings (SSSR count). The average Bonchev–Trinajstić information content (AvgIpc) is 3.56. The highest BCUT2D eigenvalue weighted by Crippen LogP contribution is 2.42. The summed E-state index contributed by atoms with van der Waals surface area (Å²) in [6.07, 6.45) is -2.07. The Morgan fingerprint density at radius 2 is 1.80 bits per heavy atom. The lowest BCUT2D eigenvalue weighted by Gasteiger charge is -2.41. The molecule has 40 heavy (non-hydrogen) atoms. The Labute approximate surface area is 235 Å². The predicted molar refractivity (Wildman–Crippen MR) is 148 cm³/mol. The molecule has 1 amide bonds. The van der Waals surface area contributed by atoms with Gasteiger partial charge >= 0.3 is 6.09 Å². The summed E-state index contributed by atoms with van der Waals surface area (Å²) in [5.41, 5.74) is 6.99. The molecule has 0 saturated carbocycles.